The second-order valence-electron chi connectivity index (χ2n) is 9.30. The van der Waals surface area contributed by atoms with Crippen LogP contribution in [0.1, 0.15) is 57.1 Å². The standard InChI is InChI=1S/C34H35NO/c1-3-5-8-11-26-14-16-27(17-15-26)29-18-20-33(34(24-29)28-12-9-7-10-13-28)32-21-19-31(23-30(32)25-35)36-22-6-4-2/h7,9-10,12-21,23-24H,3-6,8,11,22H2,1-2H3. The van der Waals surface area contributed by atoms with Gasteiger partial charge in [-0.15, -0.1) is 0 Å². The smallest absolute Gasteiger partial charge is 0.120 e. The van der Waals surface area contributed by atoms with Crippen LogP contribution in [0.15, 0.2) is 91.0 Å². The predicted octanol–water partition coefficient (Wildman–Crippen LogP) is 9.47. The maximum absolute atomic E-state index is 9.97. The first-order chi connectivity index (χ1) is 17.7. The van der Waals surface area contributed by atoms with Crippen LogP contribution in [0.3, 0.4) is 0 Å². The maximum Gasteiger partial charge on any atom is 0.120 e. The highest BCUT2D eigenvalue weighted by Crippen LogP contribution is 2.38. The molecule has 182 valence electrons. The van der Waals surface area contributed by atoms with Gasteiger partial charge in [-0.1, -0.05) is 99.8 Å². The van der Waals surface area contributed by atoms with Crippen LogP contribution in [0, 0.1) is 11.3 Å². The van der Waals surface area contributed by atoms with Crippen LogP contribution in [-0.4, -0.2) is 6.61 Å². The molecule has 0 fully saturated rings. The van der Waals surface area contributed by atoms with Gasteiger partial charge in [0.1, 0.15) is 5.75 Å². The number of hydrogen-bond acceptors (Lipinski definition) is 2. The van der Waals surface area contributed by atoms with Gasteiger partial charge in [0.05, 0.1) is 18.2 Å². The minimum absolute atomic E-state index is 0.630. The number of aryl methyl sites for hydroxylation is 1. The molecule has 0 saturated carbocycles. The van der Waals surface area contributed by atoms with E-state index in [4.69, 9.17) is 4.74 Å². The molecule has 0 unspecified atom stereocenters. The molecule has 4 aromatic carbocycles. The molecule has 0 aromatic heterocycles. The van der Waals surface area contributed by atoms with Gasteiger partial charge in [-0.05, 0) is 76.9 Å². The summed E-state index contributed by atoms with van der Waals surface area (Å²) in [6, 6.07) is 34.2. The van der Waals surface area contributed by atoms with Gasteiger partial charge >= 0.3 is 0 Å². The fourth-order valence-electron chi connectivity index (χ4n) is 4.53. The molecule has 0 radical (unpaired) electrons. The van der Waals surface area contributed by atoms with E-state index in [1.165, 1.54) is 36.0 Å². The first-order valence-electron chi connectivity index (χ1n) is 13.2. The van der Waals surface area contributed by atoms with Gasteiger partial charge in [-0.3, -0.25) is 0 Å². The molecular formula is C34H35NO. The van der Waals surface area contributed by atoms with Crippen molar-refractivity contribution in [3.63, 3.8) is 0 Å². The molecule has 0 bridgehead atoms. The van der Waals surface area contributed by atoms with Crippen molar-refractivity contribution in [1.29, 1.82) is 5.26 Å². The van der Waals surface area contributed by atoms with Gasteiger partial charge in [0.25, 0.3) is 0 Å². The number of rotatable bonds is 11. The molecule has 0 spiro atoms. The Hall–Kier alpha value is -3.83. The van der Waals surface area contributed by atoms with Crippen LogP contribution < -0.4 is 4.74 Å². The van der Waals surface area contributed by atoms with Crippen LogP contribution in [0.4, 0.5) is 0 Å². The van der Waals surface area contributed by atoms with E-state index >= 15 is 0 Å². The quantitative estimate of drug-likeness (QED) is 0.203. The highest BCUT2D eigenvalue weighted by Gasteiger charge is 2.14. The number of unbranched alkanes of at least 4 members (excludes halogenated alkanes) is 3. The molecular weight excluding hydrogens is 438 g/mol. The molecule has 4 rings (SSSR count). The normalized spacial score (nSPS) is 10.7. The minimum Gasteiger partial charge on any atom is -0.494 e. The van der Waals surface area contributed by atoms with E-state index < -0.39 is 0 Å². The maximum atomic E-state index is 9.97. The number of nitrogens with zero attached hydrogens (tertiary/aromatic N) is 1. The average Bonchev–Trinajstić information content (AvgIpc) is 2.94. The molecule has 0 amide bonds. The molecule has 0 aliphatic heterocycles. The Morgan fingerprint density at radius 3 is 2.08 bits per heavy atom. The van der Waals surface area contributed by atoms with Crippen LogP contribution in [0.2, 0.25) is 0 Å². The van der Waals surface area contributed by atoms with Crippen molar-refractivity contribution in [3.05, 3.63) is 102 Å². The Labute approximate surface area is 216 Å². The third kappa shape index (κ3) is 6.23. The van der Waals surface area contributed by atoms with Gasteiger partial charge in [-0.25, -0.2) is 0 Å². The lowest BCUT2D eigenvalue weighted by atomic mass is 9.89. The fraction of sp³-hybridized carbons (Fsp3) is 0.265. The summed E-state index contributed by atoms with van der Waals surface area (Å²) in [5, 5.41) is 9.97. The van der Waals surface area contributed by atoms with Gasteiger partial charge in [-0.2, -0.15) is 5.26 Å². The van der Waals surface area contributed by atoms with E-state index in [-0.39, 0.29) is 0 Å². The van der Waals surface area contributed by atoms with Crippen molar-refractivity contribution in [2.45, 2.75) is 52.4 Å². The van der Waals surface area contributed by atoms with E-state index in [0.717, 1.165) is 47.3 Å². The van der Waals surface area contributed by atoms with Crippen molar-refractivity contribution in [2.24, 2.45) is 0 Å². The summed E-state index contributed by atoms with van der Waals surface area (Å²) in [5.41, 5.74) is 8.65. The number of hydrogen-bond donors (Lipinski definition) is 0. The number of nitriles is 1. The summed E-state index contributed by atoms with van der Waals surface area (Å²) >= 11 is 0. The highest BCUT2D eigenvalue weighted by molar-refractivity contribution is 5.89. The Kier molecular flexibility index (Phi) is 8.95. The summed E-state index contributed by atoms with van der Waals surface area (Å²) in [6.45, 7) is 5.05. The average molecular weight is 474 g/mol. The second-order valence-corrected chi connectivity index (χ2v) is 9.30. The van der Waals surface area contributed by atoms with Gasteiger partial charge in [0, 0.05) is 5.56 Å². The summed E-state index contributed by atoms with van der Waals surface area (Å²) in [6.07, 6.45) is 6.99. The summed E-state index contributed by atoms with van der Waals surface area (Å²) in [5.74, 6) is 0.751. The molecule has 2 nitrogen and oxygen atoms in total. The second kappa shape index (κ2) is 12.8. The number of benzene rings is 4. The zero-order valence-electron chi connectivity index (χ0n) is 21.5. The monoisotopic (exact) mass is 473 g/mol. The first-order valence-corrected chi connectivity index (χ1v) is 13.2. The molecule has 0 heterocycles. The van der Waals surface area contributed by atoms with Crippen LogP contribution in [0.5, 0.6) is 5.75 Å². The molecule has 0 aliphatic rings. The third-order valence-electron chi connectivity index (χ3n) is 6.63. The molecule has 0 saturated heterocycles. The Morgan fingerprint density at radius 2 is 1.36 bits per heavy atom. The van der Waals surface area contributed by atoms with Crippen LogP contribution in [0.25, 0.3) is 33.4 Å². The van der Waals surface area contributed by atoms with Crippen molar-refractivity contribution in [3.8, 4) is 45.2 Å². The van der Waals surface area contributed by atoms with Crippen LogP contribution in [-0.2, 0) is 6.42 Å². The van der Waals surface area contributed by atoms with E-state index in [2.05, 4.69) is 86.6 Å². The van der Waals surface area contributed by atoms with E-state index in [0.29, 0.717) is 12.2 Å². The molecule has 0 aliphatic carbocycles. The molecule has 4 aromatic rings. The molecule has 0 N–H and O–H groups in total. The van der Waals surface area contributed by atoms with Crippen molar-refractivity contribution in [2.75, 3.05) is 6.61 Å². The van der Waals surface area contributed by atoms with Crippen molar-refractivity contribution in [1.82, 2.24) is 0 Å². The zero-order valence-corrected chi connectivity index (χ0v) is 21.5. The van der Waals surface area contributed by atoms with Crippen molar-refractivity contribution < 1.29 is 4.74 Å². The van der Waals surface area contributed by atoms with Crippen molar-refractivity contribution >= 4 is 0 Å². The lowest BCUT2D eigenvalue weighted by Crippen LogP contribution is -1.97. The van der Waals surface area contributed by atoms with E-state index in [1.807, 2.05) is 24.3 Å². The van der Waals surface area contributed by atoms with Gasteiger partial charge < -0.3 is 4.74 Å². The SMILES string of the molecule is CCCCCc1ccc(-c2ccc(-c3ccc(OCCCC)cc3C#N)c(-c3ccccc3)c2)cc1. The Balaban J connectivity index is 1.71. The lowest BCUT2D eigenvalue weighted by Gasteiger charge is -2.15. The predicted molar refractivity (Wildman–Crippen MR) is 151 cm³/mol. The fourth-order valence-corrected chi connectivity index (χ4v) is 4.53. The lowest BCUT2D eigenvalue weighted by molar-refractivity contribution is 0.309. The van der Waals surface area contributed by atoms with E-state index in [1.54, 1.807) is 0 Å². The van der Waals surface area contributed by atoms with Crippen LogP contribution >= 0.6 is 0 Å². The Morgan fingerprint density at radius 1 is 0.639 bits per heavy atom. The topological polar surface area (TPSA) is 33.0 Å². The van der Waals surface area contributed by atoms with Gasteiger partial charge in [0.2, 0.25) is 0 Å². The van der Waals surface area contributed by atoms with Gasteiger partial charge in [0.15, 0.2) is 0 Å². The largest absolute Gasteiger partial charge is 0.494 e. The molecule has 2 heteroatoms. The van der Waals surface area contributed by atoms with E-state index in [9.17, 15) is 5.26 Å². The summed E-state index contributed by atoms with van der Waals surface area (Å²) in [4.78, 5) is 0. The first kappa shape index (κ1) is 25.3. The Bertz CT molecular complexity index is 1300. The molecule has 0 atom stereocenters. The summed E-state index contributed by atoms with van der Waals surface area (Å²) < 4.78 is 5.86. The molecule has 36 heavy (non-hydrogen) atoms. The summed E-state index contributed by atoms with van der Waals surface area (Å²) in [7, 11) is 0. The highest BCUT2D eigenvalue weighted by atomic mass is 16.5. The minimum atomic E-state index is 0.630. The zero-order chi connectivity index (χ0) is 25.2. The third-order valence-corrected chi connectivity index (χ3v) is 6.63. The number of ether oxygens (including phenoxy) is 1.